The molecule has 0 aliphatic heterocycles. The van der Waals surface area contributed by atoms with Gasteiger partial charge in [0.15, 0.2) is 15.6 Å². The molecule has 0 fully saturated rings. The monoisotopic (exact) mass is 233 g/mol. The molecule has 0 bridgehead atoms. The van der Waals surface area contributed by atoms with E-state index in [1.807, 2.05) is 13.8 Å². The van der Waals surface area contributed by atoms with Gasteiger partial charge < -0.3 is 14.0 Å². The molecule has 0 aromatic carbocycles. The van der Waals surface area contributed by atoms with Gasteiger partial charge in [-0.1, -0.05) is 20.8 Å². The summed E-state index contributed by atoms with van der Waals surface area (Å²) in [7, 11) is -0.437. The van der Waals surface area contributed by atoms with Crippen LogP contribution in [0.25, 0.3) is 0 Å². The van der Waals surface area contributed by atoms with Gasteiger partial charge in [0.05, 0.1) is 0 Å². The molecule has 0 unspecified atom stereocenters. The third-order valence-electron chi connectivity index (χ3n) is 2.18. The molecule has 0 radical (unpaired) electrons. The minimum Gasteiger partial charge on any atom is -0.356 e. The van der Waals surface area contributed by atoms with Crippen LogP contribution >= 0.6 is 0 Å². The van der Waals surface area contributed by atoms with Gasteiger partial charge in [-0.2, -0.15) is 0 Å². The molecule has 0 saturated heterocycles. The Balaban J connectivity index is 3.96. The minimum atomic E-state index is -0.437. The fourth-order valence-electron chi connectivity index (χ4n) is 1.59. The summed E-state index contributed by atoms with van der Waals surface area (Å²) in [6.07, 6.45) is 0. The molecule has 0 aromatic heterocycles. The van der Waals surface area contributed by atoms with Crippen LogP contribution in [0.3, 0.4) is 0 Å². The summed E-state index contributed by atoms with van der Waals surface area (Å²) in [5.41, 5.74) is 0. The molecule has 0 spiro atoms. The molecular weight excluding hydrogens is 206 g/mol. The highest BCUT2D eigenvalue weighted by Crippen LogP contribution is 2.01. The Hall–Kier alpha value is 0.0969. The predicted molar refractivity (Wildman–Crippen MR) is 67.7 cm³/mol. The molecule has 0 N–H and O–H groups in total. The van der Waals surface area contributed by atoms with Crippen molar-refractivity contribution < 1.29 is 9.47 Å². The van der Waals surface area contributed by atoms with Crippen LogP contribution in [0.15, 0.2) is 0 Å². The average Bonchev–Trinajstić information content (AvgIpc) is 2.16. The summed E-state index contributed by atoms with van der Waals surface area (Å²) in [5, 5.41) is 0. The number of nitrogens with zero attached hydrogens (tertiary/aromatic N) is 1. The van der Waals surface area contributed by atoms with Gasteiger partial charge in [0, 0.05) is 13.2 Å². The van der Waals surface area contributed by atoms with E-state index < -0.39 is 9.68 Å². The second-order valence-electron chi connectivity index (χ2n) is 4.09. The van der Waals surface area contributed by atoms with E-state index in [-0.39, 0.29) is 5.91 Å². The highest BCUT2D eigenvalue weighted by molar-refractivity contribution is 6.33. The molecule has 3 nitrogen and oxygen atoms in total. The first-order valence-electron chi connectivity index (χ1n) is 6.09. The van der Waals surface area contributed by atoms with Gasteiger partial charge in [-0.15, -0.1) is 0 Å². The van der Waals surface area contributed by atoms with Gasteiger partial charge in [0.1, 0.15) is 0 Å². The smallest absolute Gasteiger partial charge is 0.161 e. The fraction of sp³-hybridized carbons (Fsp3) is 1.00. The maximum Gasteiger partial charge on any atom is 0.161 e. The quantitative estimate of drug-likeness (QED) is 0.444. The molecule has 92 valence electrons. The zero-order chi connectivity index (χ0) is 11.7. The van der Waals surface area contributed by atoms with Crippen molar-refractivity contribution in [1.29, 1.82) is 0 Å². The summed E-state index contributed by atoms with van der Waals surface area (Å²) < 4.78 is 13.7. The van der Waals surface area contributed by atoms with Crippen molar-refractivity contribution in [1.82, 2.24) is 4.57 Å². The van der Waals surface area contributed by atoms with E-state index in [0.717, 1.165) is 25.7 Å². The molecule has 0 rings (SSSR count). The number of rotatable bonds is 9. The van der Waals surface area contributed by atoms with Crippen molar-refractivity contribution in [3.63, 3.8) is 0 Å². The van der Waals surface area contributed by atoms with Crippen LogP contribution in [0.1, 0.15) is 34.6 Å². The largest absolute Gasteiger partial charge is 0.356 e. The van der Waals surface area contributed by atoms with E-state index >= 15 is 0 Å². The average molecular weight is 233 g/mol. The lowest BCUT2D eigenvalue weighted by molar-refractivity contribution is -0.0863. The topological polar surface area (TPSA) is 21.7 Å². The van der Waals surface area contributed by atoms with Gasteiger partial charge >= 0.3 is 0 Å². The Morgan fingerprint density at radius 1 is 1.07 bits per heavy atom. The van der Waals surface area contributed by atoms with Crippen molar-refractivity contribution >= 4 is 9.68 Å². The van der Waals surface area contributed by atoms with Crippen molar-refractivity contribution in [3.05, 3.63) is 0 Å². The maximum atomic E-state index is 5.59. The lowest BCUT2D eigenvalue weighted by atomic mass is 10.2. The molecule has 15 heavy (non-hydrogen) atoms. The molecule has 0 aromatic rings. The lowest BCUT2D eigenvalue weighted by Gasteiger charge is -2.26. The molecule has 0 aliphatic rings. The van der Waals surface area contributed by atoms with Crippen LogP contribution < -0.4 is 0 Å². The van der Waals surface area contributed by atoms with Crippen LogP contribution in [0, 0.1) is 5.92 Å². The highest BCUT2D eigenvalue weighted by Gasteiger charge is 2.14. The maximum absolute atomic E-state index is 5.59. The summed E-state index contributed by atoms with van der Waals surface area (Å²) in [5.74, 6) is 0.792. The summed E-state index contributed by atoms with van der Waals surface area (Å²) >= 11 is 0. The van der Waals surface area contributed by atoms with Crippen molar-refractivity contribution in [2.45, 2.75) is 40.5 Å². The fourth-order valence-corrected chi connectivity index (χ4v) is 3.61. The highest BCUT2D eigenvalue weighted by atomic mass is 28.2. The Morgan fingerprint density at radius 3 is 1.93 bits per heavy atom. The van der Waals surface area contributed by atoms with Crippen LogP contribution in [0.5, 0.6) is 0 Å². The standard InChI is InChI=1S/C11H27NO2Si/c1-6-12(9-10(4)5)15-11(13-7-2)14-8-3/h10-11H,6-9,15H2,1-5H3. The summed E-state index contributed by atoms with van der Waals surface area (Å²) in [6.45, 7) is 14.6. The van der Waals surface area contributed by atoms with Gasteiger partial charge in [0.25, 0.3) is 0 Å². The molecule has 0 amide bonds. The van der Waals surface area contributed by atoms with E-state index in [4.69, 9.17) is 9.47 Å². The number of hydrogen-bond donors (Lipinski definition) is 0. The Labute approximate surface area is 97.0 Å². The van der Waals surface area contributed by atoms with Gasteiger partial charge in [0.2, 0.25) is 0 Å². The van der Waals surface area contributed by atoms with E-state index in [1.165, 1.54) is 6.54 Å². The first-order chi connectivity index (χ1) is 7.13. The predicted octanol–water partition coefficient (Wildman–Crippen LogP) is 1.40. The van der Waals surface area contributed by atoms with Crippen LogP contribution in [-0.4, -0.2) is 46.5 Å². The van der Waals surface area contributed by atoms with Gasteiger partial charge in [-0.25, -0.2) is 0 Å². The Kier molecular flexibility index (Phi) is 9.39. The first-order valence-corrected chi connectivity index (χ1v) is 7.54. The van der Waals surface area contributed by atoms with Crippen molar-refractivity contribution in [2.24, 2.45) is 5.92 Å². The molecule has 4 heteroatoms. The van der Waals surface area contributed by atoms with Crippen molar-refractivity contribution in [2.75, 3.05) is 26.3 Å². The molecule has 0 atom stereocenters. The molecule has 0 saturated carbocycles. The Morgan fingerprint density at radius 2 is 1.60 bits per heavy atom. The van der Waals surface area contributed by atoms with Crippen LogP contribution in [0.2, 0.25) is 0 Å². The lowest BCUT2D eigenvalue weighted by Crippen LogP contribution is -2.41. The van der Waals surface area contributed by atoms with Gasteiger partial charge in [-0.3, -0.25) is 0 Å². The molecular formula is C11H27NO2Si. The minimum absolute atomic E-state index is 0.0682. The van der Waals surface area contributed by atoms with Crippen LogP contribution in [0.4, 0.5) is 0 Å². The zero-order valence-electron chi connectivity index (χ0n) is 11.0. The van der Waals surface area contributed by atoms with Crippen LogP contribution in [-0.2, 0) is 9.47 Å². The molecule has 0 aliphatic carbocycles. The summed E-state index contributed by atoms with van der Waals surface area (Å²) in [4.78, 5) is 0. The van der Waals surface area contributed by atoms with E-state index in [2.05, 4.69) is 25.3 Å². The first kappa shape index (κ1) is 15.1. The third-order valence-corrected chi connectivity index (χ3v) is 4.17. The van der Waals surface area contributed by atoms with E-state index in [9.17, 15) is 0 Å². The molecule has 0 heterocycles. The van der Waals surface area contributed by atoms with E-state index in [0.29, 0.717) is 0 Å². The Bertz CT molecular complexity index is 139. The summed E-state index contributed by atoms with van der Waals surface area (Å²) in [6, 6.07) is 0. The van der Waals surface area contributed by atoms with Gasteiger partial charge in [-0.05, 0) is 32.9 Å². The SMILES string of the molecule is CCOC(OCC)[SiH2]N(CC)CC(C)C. The normalized spacial score (nSPS) is 12.8. The second-order valence-corrected chi connectivity index (χ2v) is 6.01. The number of ether oxygens (including phenoxy) is 2. The van der Waals surface area contributed by atoms with Crippen molar-refractivity contribution in [3.8, 4) is 0 Å². The van der Waals surface area contributed by atoms with E-state index in [1.54, 1.807) is 0 Å². The second kappa shape index (κ2) is 9.33. The zero-order valence-corrected chi connectivity index (χ0v) is 12.4. The number of hydrogen-bond acceptors (Lipinski definition) is 3. The third kappa shape index (κ3) is 7.96.